The number of carbonyl (C=O) groups is 1. The SMILES string of the molecule is O=C(Nc1ccc(-c2nc3ccc(Br)cc3c(=O)o2)cc1)C1CC1. The van der Waals surface area contributed by atoms with Gasteiger partial charge in [0.05, 0.1) is 10.9 Å². The van der Waals surface area contributed by atoms with Gasteiger partial charge in [0, 0.05) is 21.6 Å². The first kappa shape index (κ1) is 15.1. The summed E-state index contributed by atoms with van der Waals surface area (Å²) >= 11 is 3.33. The van der Waals surface area contributed by atoms with Crippen molar-refractivity contribution in [2.75, 3.05) is 5.32 Å². The molecule has 0 spiro atoms. The molecule has 5 nitrogen and oxygen atoms in total. The van der Waals surface area contributed by atoms with Crippen LogP contribution in [0.4, 0.5) is 5.69 Å². The number of fused-ring (bicyclic) bond motifs is 1. The summed E-state index contributed by atoms with van der Waals surface area (Å²) in [5, 5.41) is 3.30. The van der Waals surface area contributed by atoms with Crippen molar-refractivity contribution in [3.8, 4) is 11.5 Å². The Bertz CT molecular complexity index is 991. The van der Waals surface area contributed by atoms with Gasteiger partial charge in [0.25, 0.3) is 0 Å². The van der Waals surface area contributed by atoms with E-state index in [-0.39, 0.29) is 17.7 Å². The Morgan fingerprint density at radius 3 is 2.62 bits per heavy atom. The number of anilines is 1. The number of amides is 1. The van der Waals surface area contributed by atoms with Gasteiger partial charge in [0.15, 0.2) is 0 Å². The number of rotatable bonds is 3. The van der Waals surface area contributed by atoms with Crippen LogP contribution >= 0.6 is 15.9 Å². The highest BCUT2D eigenvalue weighted by molar-refractivity contribution is 9.10. The van der Waals surface area contributed by atoms with Crippen molar-refractivity contribution >= 4 is 38.4 Å². The van der Waals surface area contributed by atoms with Gasteiger partial charge in [-0.25, -0.2) is 9.78 Å². The lowest BCUT2D eigenvalue weighted by Crippen LogP contribution is -2.13. The highest BCUT2D eigenvalue weighted by Crippen LogP contribution is 2.30. The average Bonchev–Trinajstić information content (AvgIpc) is 3.41. The van der Waals surface area contributed by atoms with Gasteiger partial charge < -0.3 is 9.73 Å². The highest BCUT2D eigenvalue weighted by atomic mass is 79.9. The fourth-order valence-corrected chi connectivity index (χ4v) is 2.81. The molecule has 1 N–H and O–H groups in total. The van der Waals surface area contributed by atoms with E-state index < -0.39 is 5.63 Å². The summed E-state index contributed by atoms with van der Waals surface area (Å²) in [4.78, 5) is 28.3. The van der Waals surface area contributed by atoms with Gasteiger partial charge >= 0.3 is 5.63 Å². The van der Waals surface area contributed by atoms with Crippen LogP contribution in [0.3, 0.4) is 0 Å². The smallest absolute Gasteiger partial charge is 0.347 e. The fourth-order valence-electron chi connectivity index (χ4n) is 2.45. The predicted octanol–water partition coefficient (Wildman–Crippen LogP) is 3.97. The first-order valence-electron chi connectivity index (χ1n) is 7.62. The molecular formula is C18H13BrN2O3. The Morgan fingerprint density at radius 2 is 1.92 bits per heavy atom. The third-order valence-electron chi connectivity index (χ3n) is 3.94. The monoisotopic (exact) mass is 384 g/mol. The molecule has 1 aliphatic carbocycles. The molecule has 0 aliphatic heterocycles. The lowest BCUT2D eigenvalue weighted by molar-refractivity contribution is -0.117. The molecule has 0 saturated heterocycles. The van der Waals surface area contributed by atoms with Crippen molar-refractivity contribution in [2.45, 2.75) is 12.8 Å². The number of aromatic nitrogens is 1. The van der Waals surface area contributed by atoms with E-state index in [1.54, 1.807) is 36.4 Å². The number of carbonyl (C=O) groups excluding carboxylic acids is 1. The second kappa shape index (κ2) is 5.87. The van der Waals surface area contributed by atoms with Gasteiger partial charge in [-0.1, -0.05) is 15.9 Å². The zero-order valence-corrected chi connectivity index (χ0v) is 14.2. The molecule has 0 unspecified atom stereocenters. The molecule has 1 fully saturated rings. The second-order valence-corrected chi connectivity index (χ2v) is 6.72. The van der Waals surface area contributed by atoms with E-state index in [0.29, 0.717) is 16.5 Å². The third-order valence-corrected chi connectivity index (χ3v) is 4.43. The van der Waals surface area contributed by atoms with Crippen LogP contribution in [0.2, 0.25) is 0 Å². The molecule has 0 atom stereocenters. The van der Waals surface area contributed by atoms with E-state index in [9.17, 15) is 9.59 Å². The van der Waals surface area contributed by atoms with E-state index in [0.717, 1.165) is 23.0 Å². The lowest BCUT2D eigenvalue weighted by Gasteiger charge is -2.06. The molecule has 1 aliphatic rings. The molecule has 1 aromatic heterocycles. The van der Waals surface area contributed by atoms with E-state index in [4.69, 9.17) is 4.42 Å². The minimum atomic E-state index is -0.428. The molecule has 6 heteroatoms. The molecular weight excluding hydrogens is 372 g/mol. The number of nitrogens with one attached hydrogen (secondary N) is 1. The summed E-state index contributed by atoms with van der Waals surface area (Å²) in [6, 6.07) is 12.4. The summed E-state index contributed by atoms with van der Waals surface area (Å²) in [5.74, 6) is 0.475. The van der Waals surface area contributed by atoms with Crippen LogP contribution in [0.15, 0.2) is 56.1 Å². The Labute approximate surface area is 145 Å². The van der Waals surface area contributed by atoms with Crippen LogP contribution in [0.5, 0.6) is 0 Å². The fraction of sp³-hybridized carbons (Fsp3) is 0.167. The topological polar surface area (TPSA) is 72.2 Å². The highest BCUT2D eigenvalue weighted by Gasteiger charge is 2.29. The maximum atomic E-state index is 12.1. The molecule has 120 valence electrons. The summed E-state index contributed by atoms with van der Waals surface area (Å²) in [6.07, 6.45) is 1.93. The summed E-state index contributed by atoms with van der Waals surface area (Å²) < 4.78 is 6.12. The average molecular weight is 385 g/mol. The molecule has 2 aromatic carbocycles. The van der Waals surface area contributed by atoms with E-state index in [1.165, 1.54) is 0 Å². The molecule has 0 bridgehead atoms. The van der Waals surface area contributed by atoms with E-state index >= 15 is 0 Å². The Kier molecular flexibility index (Phi) is 3.69. The molecule has 1 amide bonds. The van der Waals surface area contributed by atoms with Gasteiger partial charge in [-0.2, -0.15) is 0 Å². The minimum Gasteiger partial charge on any atom is -0.403 e. The van der Waals surface area contributed by atoms with Gasteiger partial charge in [-0.05, 0) is 55.3 Å². The number of halogens is 1. The van der Waals surface area contributed by atoms with Gasteiger partial charge in [0.1, 0.15) is 0 Å². The molecule has 0 radical (unpaired) electrons. The lowest BCUT2D eigenvalue weighted by atomic mass is 10.2. The van der Waals surface area contributed by atoms with Crippen LogP contribution in [0.1, 0.15) is 12.8 Å². The predicted molar refractivity (Wildman–Crippen MR) is 94.8 cm³/mol. The maximum Gasteiger partial charge on any atom is 0.347 e. The van der Waals surface area contributed by atoms with Crippen molar-refractivity contribution in [1.82, 2.24) is 4.98 Å². The normalized spacial score (nSPS) is 13.9. The van der Waals surface area contributed by atoms with E-state index in [2.05, 4.69) is 26.2 Å². The Hall–Kier alpha value is -2.47. The van der Waals surface area contributed by atoms with Crippen molar-refractivity contribution in [1.29, 1.82) is 0 Å². The Balaban J connectivity index is 1.65. The van der Waals surface area contributed by atoms with Crippen LogP contribution in [-0.2, 0) is 4.79 Å². The standard InChI is InChI=1S/C18H13BrN2O3/c19-12-5-8-15-14(9-12)18(23)24-17(21-15)11-3-6-13(7-4-11)20-16(22)10-1-2-10/h3-10H,1-2H2,(H,20,22). The maximum absolute atomic E-state index is 12.1. The van der Waals surface area contributed by atoms with Crippen LogP contribution in [0, 0.1) is 5.92 Å². The zero-order chi connectivity index (χ0) is 16.7. The molecule has 3 aromatic rings. The second-order valence-electron chi connectivity index (χ2n) is 5.81. The number of hydrogen-bond acceptors (Lipinski definition) is 4. The van der Waals surface area contributed by atoms with Crippen molar-refractivity contribution in [2.24, 2.45) is 5.92 Å². The number of hydrogen-bond donors (Lipinski definition) is 1. The minimum absolute atomic E-state index is 0.0590. The van der Waals surface area contributed by atoms with Crippen LogP contribution in [0.25, 0.3) is 22.4 Å². The van der Waals surface area contributed by atoms with Crippen molar-refractivity contribution < 1.29 is 9.21 Å². The number of nitrogens with zero attached hydrogens (tertiary/aromatic N) is 1. The molecule has 1 heterocycles. The van der Waals surface area contributed by atoms with Gasteiger partial charge in [0.2, 0.25) is 11.8 Å². The molecule has 1 saturated carbocycles. The molecule has 24 heavy (non-hydrogen) atoms. The van der Waals surface area contributed by atoms with Gasteiger partial charge in [-0.3, -0.25) is 4.79 Å². The van der Waals surface area contributed by atoms with Crippen molar-refractivity contribution in [3.05, 3.63) is 57.4 Å². The molecule has 4 rings (SSSR count). The Morgan fingerprint density at radius 1 is 1.17 bits per heavy atom. The van der Waals surface area contributed by atoms with Gasteiger partial charge in [-0.15, -0.1) is 0 Å². The summed E-state index contributed by atoms with van der Waals surface area (Å²) in [6.45, 7) is 0. The van der Waals surface area contributed by atoms with E-state index in [1.807, 2.05) is 6.07 Å². The summed E-state index contributed by atoms with van der Waals surface area (Å²) in [5.41, 5.74) is 1.56. The quantitative estimate of drug-likeness (QED) is 0.741. The zero-order valence-electron chi connectivity index (χ0n) is 12.6. The summed E-state index contributed by atoms with van der Waals surface area (Å²) in [7, 11) is 0. The van der Waals surface area contributed by atoms with Crippen LogP contribution in [-0.4, -0.2) is 10.9 Å². The largest absolute Gasteiger partial charge is 0.403 e. The third kappa shape index (κ3) is 2.97. The van der Waals surface area contributed by atoms with Crippen LogP contribution < -0.4 is 10.9 Å². The van der Waals surface area contributed by atoms with Crippen molar-refractivity contribution in [3.63, 3.8) is 0 Å². The number of benzene rings is 2. The first-order chi connectivity index (χ1) is 11.6. The first-order valence-corrected chi connectivity index (χ1v) is 8.41.